The molecular formula is C27H33FN2O4S. The van der Waals surface area contributed by atoms with Crippen LogP contribution in [-0.2, 0) is 17.8 Å². The fraction of sp³-hybridized carbons (Fsp3) is 0.333. The Morgan fingerprint density at radius 2 is 1.43 bits per heavy atom. The molecule has 8 heteroatoms. The number of benzene rings is 2. The van der Waals surface area contributed by atoms with Gasteiger partial charge in [-0.1, -0.05) is 34.9 Å². The largest absolute Gasteiger partial charge is 0.497 e. The van der Waals surface area contributed by atoms with Gasteiger partial charge in [-0.3, -0.25) is 4.98 Å². The molecule has 1 aromatic heterocycles. The lowest BCUT2D eigenvalue weighted by Crippen LogP contribution is -2.28. The molecule has 188 valence electrons. The standard InChI is InChI=1S/C27H33FN2O4S/c1-19(27(34-5)26-15-10-23(28)16-29-26)35(20(2)31)30(17-21-6-11-24(32-3)12-7-21)18-22-8-13-25(33-4)14-9-22/h6-16,19,27,31H,17-18H2,1-5H3/t19-,27+,35?/m1/s1. The summed E-state index contributed by atoms with van der Waals surface area (Å²) in [5, 5.41) is 11.0. The van der Waals surface area contributed by atoms with E-state index in [2.05, 4.69) is 9.29 Å². The molecular weight excluding hydrogens is 467 g/mol. The second-order valence-electron chi connectivity index (χ2n) is 8.09. The van der Waals surface area contributed by atoms with Gasteiger partial charge in [0.2, 0.25) is 0 Å². The lowest BCUT2D eigenvalue weighted by molar-refractivity contribution is 0.0997. The highest BCUT2D eigenvalue weighted by molar-refractivity contribution is 8.14. The molecule has 2 aromatic carbocycles. The number of methoxy groups -OCH3 is 3. The number of hydrogen-bond donors (Lipinski definition) is 1. The Balaban J connectivity index is 1.98. The molecule has 0 saturated heterocycles. The van der Waals surface area contributed by atoms with Gasteiger partial charge in [-0.15, -0.1) is 0 Å². The average Bonchev–Trinajstić information content (AvgIpc) is 2.86. The van der Waals surface area contributed by atoms with Crippen molar-refractivity contribution in [3.05, 3.63) is 89.5 Å². The summed E-state index contributed by atoms with van der Waals surface area (Å²) in [5.41, 5.74) is 2.78. The van der Waals surface area contributed by atoms with Crippen molar-refractivity contribution in [2.24, 2.45) is 0 Å². The molecule has 1 N–H and O–H groups in total. The summed E-state index contributed by atoms with van der Waals surface area (Å²) < 4.78 is 32.1. The SMILES string of the molecule is COc1ccc(CN(Cc2ccc(OC)cc2)/S(=C(/C)O)[C@H](C)[C@H](OC)c2ccc(F)cn2)cc1. The van der Waals surface area contributed by atoms with E-state index >= 15 is 0 Å². The van der Waals surface area contributed by atoms with Crippen molar-refractivity contribution in [2.75, 3.05) is 21.3 Å². The molecule has 6 nitrogen and oxygen atoms in total. The number of aliphatic hydroxyl groups is 1. The number of halogens is 1. The second-order valence-corrected chi connectivity index (χ2v) is 10.6. The molecule has 0 amide bonds. The topological polar surface area (TPSA) is 64.1 Å². The van der Waals surface area contributed by atoms with E-state index in [4.69, 9.17) is 14.2 Å². The second kappa shape index (κ2) is 12.8. The molecule has 0 spiro atoms. The van der Waals surface area contributed by atoms with Crippen LogP contribution in [0.15, 0.2) is 66.9 Å². The summed E-state index contributed by atoms with van der Waals surface area (Å²) in [4.78, 5) is 4.25. The molecule has 0 saturated carbocycles. The third-order valence-corrected chi connectivity index (χ3v) is 8.06. The predicted octanol–water partition coefficient (Wildman–Crippen LogP) is 5.91. The smallest absolute Gasteiger partial charge is 0.141 e. The third-order valence-electron chi connectivity index (χ3n) is 5.69. The maximum Gasteiger partial charge on any atom is 0.141 e. The summed E-state index contributed by atoms with van der Waals surface area (Å²) >= 11 is 0. The summed E-state index contributed by atoms with van der Waals surface area (Å²) in [6.07, 6.45) is 0.754. The van der Waals surface area contributed by atoms with Gasteiger partial charge in [0, 0.05) is 25.4 Å². The first kappa shape index (κ1) is 26.8. The predicted molar refractivity (Wildman–Crippen MR) is 140 cm³/mol. The maximum absolute atomic E-state index is 13.5. The first-order valence-electron chi connectivity index (χ1n) is 11.3. The van der Waals surface area contributed by atoms with E-state index in [1.807, 2.05) is 55.5 Å². The van der Waals surface area contributed by atoms with Crippen LogP contribution in [0.3, 0.4) is 0 Å². The summed E-state index contributed by atoms with van der Waals surface area (Å²) in [6, 6.07) is 18.8. The highest BCUT2D eigenvalue weighted by Crippen LogP contribution is 2.39. The Morgan fingerprint density at radius 1 is 0.914 bits per heavy atom. The van der Waals surface area contributed by atoms with E-state index in [0.29, 0.717) is 23.8 Å². The first-order valence-corrected chi connectivity index (χ1v) is 12.5. The number of nitrogens with zero attached hydrogens (tertiary/aromatic N) is 2. The van der Waals surface area contributed by atoms with E-state index in [1.54, 1.807) is 34.3 Å². The van der Waals surface area contributed by atoms with E-state index in [1.165, 1.54) is 12.3 Å². The highest BCUT2D eigenvalue weighted by Gasteiger charge is 2.28. The number of ether oxygens (including phenoxy) is 3. The summed E-state index contributed by atoms with van der Waals surface area (Å²) in [7, 11) is 4.17. The maximum atomic E-state index is 13.5. The molecule has 0 aliphatic carbocycles. The van der Waals surface area contributed by atoms with Crippen molar-refractivity contribution in [1.29, 1.82) is 0 Å². The highest BCUT2D eigenvalue weighted by atomic mass is 32.2. The minimum Gasteiger partial charge on any atom is -0.497 e. The number of pyridine rings is 1. The zero-order valence-corrected chi connectivity index (χ0v) is 21.6. The van der Waals surface area contributed by atoms with Crippen molar-refractivity contribution >= 4 is 15.7 Å². The van der Waals surface area contributed by atoms with Crippen LogP contribution in [0.5, 0.6) is 11.5 Å². The Bertz CT molecular complexity index is 1050. The average molecular weight is 501 g/mol. The van der Waals surface area contributed by atoms with Crippen molar-refractivity contribution in [3.63, 3.8) is 0 Å². The normalized spacial score (nSPS) is 14.3. The molecule has 1 heterocycles. The van der Waals surface area contributed by atoms with Gasteiger partial charge in [0.15, 0.2) is 0 Å². The molecule has 0 aliphatic rings. The van der Waals surface area contributed by atoms with Crippen LogP contribution in [0.2, 0.25) is 0 Å². The van der Waals surface area contributed by atoms with Gasteiger partial charge in [-0.2, -0.15) is 0 Å². The lowest BCUT2D eigenvalue weighted by atomic mass is 10.2. The molecule has 3 aromatic rings. The Hall–Kier alpha value is -2.78. The van der Waals surface area contributed by atoms with Crippen molar-refractivity contribution in [3.8, 4) is 11.5 Å². The Morgan fingerprint density at radius 3 is 1.80 bits per heavy atom. The minimum absolute atomic E-state index is 0.167. The van der Waals surface area contributed by atoms with Gasteiger partial charge in [-0.25, -0.2) is 8.70 Å². The summed E-state index contributed by atoms with van der Waals surface area (Å²) in [6.45, 7) is 4.93. The van der Waals surface area contributed by atoms with E-state index in [-0.39, 0.29) is 5.25 Å². The zero-order valence-electron chi connectivity index (χ0n) is 20.8. The minimum atomic E-state index is -0.725. The molecule has 0 fully saturated rings. The number of rotatable bonds is 11. The van der Waals surface area contributed by atoms with E-state index < -0.39 is 22.6 Å². The molecule has 0 bridgehead atoms. The number of aliphatic hydroxyl groups excluding tert-OH is 1. The van der Waals surface area contributed by atoms with Crippen LogP contribution >= 0.6 is 10.7 Å². The van der Waals surface area contributed by atoms with Crippen molar-refractivity contribution < 1.29 is 23.7 Å². The van der Waals surface area contributed by atoms with Gasteiger partial charge in [0.1, 0.15) is 23.4 Å². The van der Waals surface area contributed by atoms with Gasteiger partial charge in [0.05, 0.1) is 31.2 Å². The fourth-order valence-corrected chi connectivity index (χ4v) is 6.42. The number of aromatic nitrogens is 1. The van der Waals surface area contributed by atoms with Crippen LogP contribution in [-0.4, -0.2) is 46.0 Å². The molecule has 35 heavy (non-hydrogen) atoms. The molecule has 0 aliphatic heterocycles. The van der Waals surface area contributed by atoms with Crippen LogP contribution in [0.4, 0.5) is 4.39 Å². The lowest BCUT2D eigenvalue weighted by Gasteiger charge is -2.34. The van der Waals surface area contributed by atoms with Gasteiger partial charge >= 0.3 is 0 Å². The summed E-state index contributed by atoms with van der Waals surface area (Å²) in [5.74, 6) is 1.17. The number of hydrogen-bond acceptors (Lipinski definition) is 5. The van der Waals surface area contributed by atoms with Crippen LogP contribution in [0.1, 0.15) is 36.8 Å². The van der Waals surface area contributed by atoms with Crippen molar-refractivity contribution in [2.45, 2.75) is 38.3 Å². The molecule has 3 rings (SSSR count). The van der Waals surface area contributed by atoms with Gasteiger partial charge < -0.3 is 19.3 Å². The van der Waals surface area contributed by atoms with E-state index in [0.717, 1.165) is 22.6 Å². The monoisotopic (exact) mass is 500 g/mol. The van der Waals surface area contributed by atoms with Gasteiger partial charge in [0.25, 0.3) is 0 Å². The zero-order chi connectivity index (χ0) is 25.4. The third kappa shape index (κ3) is 7.11. The first-order chi connectivity index (χ1) is 16.9. The molecule has 3 atom stereocenters. The molecule has 0 radical (unpaired) electrons. The quantitative estimate of drug-likeness (QED) is 0.330. The Labute approximate surface area is 209 Å². The fourth-order valence-electron chi connectivity index (χ4n) is 3.98. The van der Waals surface area contributed by atoms with Gasteiger partial charge in [-0.05, 0) is 61.4 Å². The van der Waals surface area contributed by atoms with Crippen LogP contribution in [0, 0.1) is 5.82 Å². The van der Waals surface area contributed by atoms with Crippen molar-refractivity contribution in [1.82, 2.24) is 9.29 Å². The van der Waals surface area contributed by atoms with Crippen LogP contribution in [0.25, 0.3) is 0 Å². The van der Waals surface area contributed by atoms with E-state index in [9.17, 15) is 9.50 Å². The Kier molecular flexibility index (Phi) is 9.80. The van der Waals surface area contributed by atoms with Crippen LogP contribution < -0.4 is 9.47 Å². The molecule has 1 unspecified atom stereocenters.